The Bertz CT molecular complexity index is 601. The highest BCUT2D eigenvalue weighted by molar-refractivity contribution is 6.05. The van der Waals surface area contributed by atoms with Crippen LogP contribution in [-0.4, -0.2) is 28.5 Å². The SMILES string of the molecule is C=C[C@@H]1c2ccccc2C(=O)N(C(=O)OC(C)(C)C)[C@H]1CC. The van der Waals surface area contributed by atoms with Crippen LogP contribution in [0.1, 0.15) is 56.0 Å². The molecule has 1 aliphatic heterocycles. The third-order valence-electron chi connectivity index (χ3n) is 3.78. The van der Waals surface area contributed by atoms with Gasteiger partial charge in [-0.25, -0.2) is 9.69 Å². The van der Waals surface area contributed by atoms with Crippen LogP contribution in [0.4, 0.5) is 4.79 Å². The van der Waals surface area contributed by atoms with Gasteiger partial charge in [0.1, 0.15) is 5.60 Å². The van der Waals surface area contributed by atoms with Gasteiger partial charge in [0, 0.05) is 11.5 Å². The van der Waals surface area contributed by atoms with Gasteiger partial charge < -0.3 is 4.74 Å². The molecule has 0 saturated carbocycles. The maximum absolute atomic E-state index is 12.8. The van der Waals surface area contributed by atoms with Crippen molar-refractivity contribution < 1.29 is 14.3 Å². The summed E-state index contributed by atoms with van der Waals surface area (Å²) in [6, 6.07) is 7.11. The maximum Gasteiger partial charge on any atom is 0.417 e. The van der Waals surface area contributed by atoms with Crippen LogP contribution >= 0.6 is 0 Å². The van der Waals surface area contributed by atoms with E-state index in [0.29, 0.717) is 12.0 Å². The number of benzene rings is 1. The van der Waals surface area contributed by atoms with E-state index in [1.165, 1.54) is 4.90 Å². The molecular weight excluding hydrogens is 278 g/mol. The Morgan fingerprint density at radius 2 is 2.00 bits per heavy atom. The first-order valence-electron chi connectivity index (χ1n) is 7.58. The number of carbonyl (C=O) groups is 2. The molecule has 1 aromatic carbocycles. The summed E-state index contributed by atoms with van der Waals surface area (Å²) in [5.41, 5.74) is 0.827. The van der Waals surface area contributed by atoms with Gasteiger partial charge in [-0.05, 0) is 38.8 Å². The number of imide groups is 1. The Balaban J connectivity index is 2.48. The van der Waals surface area contributed by atoms with Crippen molar-refractivity contribution in [2.24, 2.45) is 0 Å². The molecule has 118 valence electrons. The molecule has 0 aliphatic carbocycles. The van der Waals surface area contributed by atoms with Crippen LogP contribution in [0.25, 0.3) is 0 Å². The molecular formula is C18H23NO3. The minimum Gasteiger partial charge on any atom is -0.443 e. The van der Waals surface area contributed by atoms with Gasteiger partial charge in [-0.2, -0.15) is 0 Å². The van der Waals surface area contributed by atoms with Gasteiger partial charge in [0.15, 0.2) is 0 Å². The lowest BCUT2D eigenvalue weighted by Gasteiger charge is -2.39. The number of ether oxygens (including phenoxy) is 1. The number of fused-ring (bicyclic) bond motifs is 1. The molecule has 2 atom stereocenters. The predicted molar refractivity (Wildman–Crippen MR) is 85.9 cm³/mol. The van der Waals surface area contributed by atoms with Crippen molar-refractivity contribution in [3.8, 4) is 0 Å². The van der Waals surface area contributed by atoms with Crippen molar-refractivity contribution in [1.29, 1.82) is 0 Å². The van der Waals surface area contributed by atoms with Crippen LogP contribution in [0.15, 0.2) is 36.9 Å². The Morgan fingerprint density at radius 1 is 1.36 bits per heavy atom. The molecule has 4 nitrogen and oxygen atoms in total. The maximum atomic E-state index is 12.8. The second kappa shape index (κ2) is 5.95. The first kappa shape index (κ1) is 16.3. The number of rotatable bonds is 2. The monoisotopic (exact) mass is 301 g/mol. The molecule has 0 N–H and O–H groups in total. The minimum absolute atomic E-state index is 0.0774. The lowest BCUT2D eigenvalue weighted by molar-refractivity contribution is 0.0132. The first-order chi connectivity index (χ1) is 10.3. The summed E-state index contributed by atoms with van der Waals surface area (Å²) in [6.07, 6.45) is 1.86. The molecule has 0 aromatic heterocycles. The van der Waals surface area contributed by atoms with Crippen LogP contribution in [0, 0.1) is 0 Å². The van der Waals surface area contributed by atoms with Crippen molar-refractivity contribution in [1.82, 2.24) is 4.90 Å². The van der Waals surface area contributed by atoms with Crippen LogP contribution < -0.4 is 0 Å². The highest BCUT2D eigenvalue weighted by atomic mass is 16.6. The summed E-state index contributed by atoms with van der Waals surface area (Å²) >= 11 is 0. The summed E-state index contributed by atoms with van der Waals surface area (Å²) in [5, 5.41) is 0. The minimum atomic E-state index is -0.643. The normalized spacial score (nSPS) is 21.3. The van der Waals surface area contributed by atoms with E-state index in [-0.39, 0.29) is 17.9 Å². The number of hydrogen-bond donors (Lipinski definition) is 0. The molecule has 0 radical (unpaired) electrons. The van der Waals surface area contributed by atoms with Gasteiger partial charge in [-0.1, -0.05) is 31.2 Å². The smallest absolute Gasteiger partial charge is 0.417 e. The highest BCUT2D eigenvalue weighted by Gasteiger charge is 2.42. The van der Waals surface area contributed by atoms with Crippen LogP contribution in [0.5, 0.6) is 0 Å². The lowest BCUT2D eigenvalue weighted by Crippen LogP contribution is -2.52. The Labute approximate surface area is 131 Å². The van der Waals surface area contributed by atoms with E-state index in [1.807, 2.05) is 19.1 Å². The first-order valence-corrected chi connectivity index (χ1v) is 7.58. The molecule has 0 spiro atoms. The molecule has 2 rings (SSSR count). The van der Waals surface area contributed by atoms with E-state index in [2.05, 4.69) is 6.58 Å². The number of nitrogens with zero attached hydrogens (tertiary/aromatic N) is 1. The van der Waals surface area contributed by atoms with Crippen LogP contribution in [0.3, 0.4) is 0 Å². The number of carbonyl (C=O) groups excluding carboxylic acids is 2. The van der Waals surface area contributed by atoms with Crippen molar-refractivity contribution >= 4 is 12.0 Å². The largest absolute Gasteiger partial charge is 0.443 e. The second-order valence-electron chi connectivity index (χ2n) is 6.48. The Morgan fingerprint density at radius 3 is 2.55 bits per heavy atom. The molecule has 22 heavy (non-hydrogen) atoms. The molecule has 2 amide bonds. The Kier molecular flexibility index (Phi) is 4.40. The van der Waals surface area contributed by atoms with Gasteiger partial charge in [-0.15, -0.1) is 6.58 Å². The fourth-order valence-electron chi connectivity index (χ4n) is 2.88. The molecule has 1 heterocycles. The zero-order valence-electron chi connectivity index (χ0n) is 13.6. The standard InChI is InChI=1S/C18H23NO3/c1-6-12-13-10-8-9-11-14(13)16(20)19(15(12)7-2)17(21)22-18(3,4)5/h6,8-12,15H,1,7H2,2-5H3/t12-,15+/m1/s1. The van der Waals surface area contributed by atoms with Gasteiger partial charge in [0.05, 0.1) is 6.04 Å². The molecule has 0 unspecified atom stereocenters. The predicted octanol–water partition coefficient (Wildman–Crippen LogP) is 4.13. The van der Waals surface area contributed by atoms with E-state index in [1.54, 1.807) is 39.0 Å². The number of amides is 2. The zero-order chi connectivity index (χ0) is 16.5. The van der Waals surface area contributed by atoms with Gasteiger partial charge >= 0.3 is 6.09 Å². The number of hydrogen-bond acceptors (Lipinski definition) is 3. The Hall–Kier alpha value is -2.10. The molecule has 4 heteroatoms. The lowest BCUT2D eigenvalue weighted by atomic mass is 9.82. The summed E-state index contributed by atoms with van der Waals surface area (Å²) in [5.74, 6) is -0.374. The van der Waals surface area contributed by atoms with Gasteiger partial charge in [-0.3, -0.25) is 4.79 Å². The van der Waals surface area contributed by atoms with Gasteiger partial charge in [0.25, 0.3) is 5.91 Å². The van der Waals surface area contributed by atoms with E-state index < -0.39 is 11.7 Å². The quantitative estimate of drug-likeness (QED) is 0.772. The fourth-order valence-corrected chi connectivity index (χ4v) is 2.88. The van der Waals surface area contributed by atoms with Crippen molar-refractivity contribution in [2.45, 2.75) is 51.7 Å². The van der Waals surface area contributed by atoms with Crippen molar-refractivity contribution in [3.63, 3.8) is 0 Å². The second-order valence-corrected chi connectivity index (χ2v) is 6.48. The van der Waals surface area contributed by atoms with E-state index in [4.69, 9.17) is 4.74 Å². The summed E-state index contributed by atoms with van der Waals surface area (Å²) < 4.78 is 5.42. The van der Waals surface area contributed by atoms with Gasteiger partial charge in [0.2, 0.25) is 0 Å². The summed E-state index contributed by atoms with van der Waals surface area (Å²) in [4.78, 5) is 26.5. The third-order valence-corrected chi connectivity index (χ3v) is 3.78. The average molecular weight is 301 g/mol. The topological polar surface area (TPSA) is 46.6 Å². The van der Waals surface area contributed by atoms with E-state index in [9.17, 15) is 9.59 Å². The highest BCUT2D eigenvalue weighted by Crippen LogP contribution is 2.36. The fraction of sp³-hybridized carbons (Fsp3) is 0.444. The van der Waals surface area contributed by atoms with Crippen molar-refractivity contribution in [2.75, 3.05) is 0 Å². The van der Waals surface area contributed by atoms with E-state index >= 15 is 0 Å². The van der Waals surface area contributed by atoms with Crippen LogP contribution in [-0.2, 0) is 4.74 Å². The zero-order valence-corrected chi connectivity index (χ0v) is 13.6. The molecule has 0 fully saturated rings. The third kappa shape index (κ3) is 2.91. The molecule has 1 aliphatic rings. The molecule has 1 aromatic rings. The van der Waals surface area contributed by atoms with Crippen molar-refractivity contribution in [3.05, 3.63) is 48.0 Å². The summed E-state index contributed by atoms with van der Waals surface area (Å²) in [6.45, 7) is 11.2. The van der Waals surface area contributed by atoms with Crippen LogP contribution in [0.2, 0.25) is 0 Å². The average Bonchev–Trinajstić information content (AvgIpc) is 2.45. The molecule has 0 saturated heterocycles. The summed E-state index contributed by atoms with van der Waals surface area (Å²) in [7, 11) is 0. The van der Waals surface area contributed by atoms with E-state index in [0.717, 1.165) is 5.56 Å². The molecule has 0 bridgehead atoms.